The van der Waals surface area contributed by atoms with Crippen LogP contribution in [0.15, 0.2) is 24.3 Å². The van der Waals surface area contributed by atoms with E-state index < -0.39 is 57.8 Å². The van der Waals surface area contributed by atoms with Gasteiger partial charge in [-0.05, 0) is 51.4 Å². The number of phosphoric acid groups is 1. The van der Waals surface area contributed by atoms with Gasteiger partial charge in [-0.25, -0.2) is 4.57 Å². The van der Waals surface area contributed by atoms with Crippen LogP contribution in [0.1, 0.15) is 278 Å². The Bertz CT molecular complexity index is 1240. The normalized spacial score (nSPS) is 13.5. The number of unbranched alkanes of at least 4 members (excludes halogenated alkanes) is 32. The van der Waals surface area contributed by atoms with Crippen LogP contribution < -0.4 is 0 Å². The van der Waals surface area contributed by atoms with Crippen molar-refractivity contribution >= 4 is 25.7 Å². The van der Waals surface area contributed by atoms with E-state index in [4.69, 9.17) is 23.3 Å². The molecule has 2 N–H and O–H groups in total. The molecule has 0 aliphatic heterocycles. The summed E-state index contributed by atoms with van der Waals surface area (Å²) in [6.07, 6.45) is 50.0. The number of allylic oxidation sites excluding steroid dienone is 4. The molecule has 0 amide bonds. The van der Waals surface area contributed by atoms with Crippen LogP contribution in [0.25, 0.3) is 0 Å². The molecule has 0 rings (SSSR count). The number of aliphatic hydroxyl groups is 1. The SMILES string of the molecule is CCCCC/C=C\C/C=C\CCCCCCCCCC(=O)OCC(COP(=O)(O)OCC(CO)OC(=O)CCCCCCCCCCC)OC(=O)CCCCCCCCCCCCCCCCC. The summed E-state index contributed by atoms with van der Waals surface area (Å²) in [6.45, 7) is 4.62. The van der Waals surface area contributed by atoms with Crippen molar-refractivity contribution in [3.8, 4) is 0 Å². The highest BCUT2D eigenvalue weighted by Gasteiger charge is 2.28. The number of hydrogen-bond donors (Lipinski definition) is 2. The molecule has 0 saturated heterocycles. The molecule has 0 aromatic heterocycles. The number of carbonyl (C=O) groups is 3. The molecule has 3 unspecified atom stereocenters. The van der Waals surface area contributed by atoms with Gasteiger partial charge in [-0.3, -0.25) is 23.4 Å². The molecule has 0 radical (unpaired) electrons. The van der Waals surface area contributed by atoms with E-state index in [2.05, 4.69) is 45.1 Å². The van der Waals surface area contributed by atoms with Crippen molar-refractivity contribution in [2.45, 2.75) is 290 Å². The summed E-state index contributed by atoms with van der Waals surface area (Å²) in [5, 5.41) is 9.76. The van der Waals surface area contributed by atoms with Gasteiger partial charge in [0.15, 0.2) is 6.10 Å². The predicted molar refractivity (Wildman–Crippen MR) is 280 cm³/mol. The molecule has 0 aliphatic rings. The van der Waals surface area contributed by atoms with E-state index in [0.717, 1.165) is 70.6 Å². The summed E-state index contributed by atoms with van der Waals surface area (Å²) in [4.78, 5) is 48.4. The van der Waals surface area contributed by atoms with E-state index in [1.165, 1.54) is 148 Å². The molecule has 12 heteroatoms. The van der Waals surface area contributed by atoms with Crippen LogP contribution in [-0.2, 0) is 42.2 Å². The van der Waals surface area contributed by atoms with E-state index in [1.807, 2.05) is 0 Å². The second-order valence-electron chi connectivity index (χ2n) is 19.1. The second kappa shape index (κ2) is 51.3. The fourth-order valence-electron chi connectivity index (χ4n) is 8.03. The summed E-state index contributed by atoms with van der Waals surface area (Å²) >= 11 is 0. The van der Waals surface area contributed by atoms with Gasteiger partial charge in [0.2, 0.25) is 0 Å². The Balaban J connectivity index is 4.70. The van der Waals surface area contributed by atoms with Gasteiger partial charge in [0.25, 0.3) is 0 Å². The minimum atomic E-state index is -4.73. The smallest absolute Gasteiger partial charge is 0.462 e. The summed E-state index contributed by atoms with van der Waals surface area (Å²) in [6, 6.07) is 0. The standard InChI is InChI=1S/C56H105O11P/c1-4-7-10-13-16-19-21-23-25-26-28-29-31-34-36-39-42-45-54(58)63-49-53(67-56(60)47-44-41-38-35-32-30-27-24-22-20-17-14-11-8-5-2)51-65-68(61,62)64-50-52(48-57)66-55(59)46-43-40-37-33-18-15-12-9-6-3/h16,19,23,25,52-53,57H,4-15,17-18,20-22,24,26-51H2,1-3H3,(H,61,62)/b19-16-,25-23-. The first kappa shape index (κ1) is 66.0. The number of aliphatic hydroxyl groups excluding tert-OH is 1. The Morgan fingerprint density at radius 2 is 0.721 bits per heavy atom. The topological polar surface area (TPSA) is 155 Å². The highest BCUT2D eigenvalue weighted by Crippen LogP contribution is 2.43. The van der Waals surface area contributed by atoms with Gasteiger partial charge in [0.1, 0.15) is 12.7 Å². The fourth-order valence-corrected chi connectivity index (χ4v) is 8.82. The predicted octanol–water partition coefficient (Wildman–Crippen LogP) is 16.3. The zero-order valence-corrected chi connectivity index (χ0v) is 45.0. The van der Waals surface area contributed by atoms with Crippen LogP contribution in [0.4, 0.5) is 0 Å². The molecule has 0 saturated carbocycles. The minimum Gasteiger partial charge on any atom is -0.462 e. The van der Waals surface area contributed by atoms with Crippen molar-refractivity contribution in [2.24, 2.45) is 0 Å². The Morgan fingerprint density at radius 3 is 1.12 bits per heavy atom. The zero-order chi connectivity index (χ0) is 49.9. The van der Waals surface area contributed by atoms with Crippen molar-refractivity contribution in [3.05, 3.63) is 24.3 Å². The van der Waals surface area contributed by atoms with Crippen molar-refractivity contribution in [3.63, 3.8) is 0 Å². The zero-order valence-electron chi connectivity index (χ0n) is 44.1. The molecule has 11 nitrogen and oxygen atoms in total. The summed E-state index contributed by atoms with van der Waals surface area (Å²) in [7, 11) is -4.73. The third-order valence-electron chi connectivity index (χ3n) is 12.4. The third kappa shape index (κ3) is 49.0. The quantitative estimate of drug-likeness (QED) is 0.0197. The van der Waals surface area contributed by atoms with Gasteiger partial charge in [-0.1, -0.05) is 231 Å². The maximum Gasteiger partial charge on any atom is 0.472 e. The Kier molecular flexibility index (Phi) is 49.8. The van der Waals surface area contributed by atoms with Gasteiger partial charge in [-0.15, -0.1) is 0 Å². The van der Waals surface area contributed by atoms with E-state index in [-0.39, 0.29) is 25.9 Å². The van der Waals surface area contributed by atoms with Gasteiger partial charge < -0.3 is 24.2 Å². The third-order valence-corrected chi connectivity index (χ3v) is 13.3. The van der Waals surface area contributed by atoms with Crippen molar-refractivity contribution in [1.29, 1.82) is 0 Å². The number of rotatable bonds is 53. The highest BCUT2D eigenvalue weighted by atomic mass is 31.2. The van der Waals surface area contributed by atoms with Crippen LogP contribution in [0, 0.1) is 0 Å². The number of esters is 3. The van der Waals surface area contributed by atoms with Crippen LogP contribution in [0.5, 0.6) is 0 Å². The number of phosphoric ester groups is 1. The lowest BCUT2D eigenvalue weighted by molar-refractivity contribution is -0.161. The average molecular weight is 985 g/mol. The van der Waals surface area contributed by atoms with Gasteiger partial charge in [-0.2, -0.15) is 0 Å². The molecule has 0 aromatic rings. The van der Waals surface area contributed by atoms with E-state index in [9.17, 15) is 28.9 Å². The second-order valence-corrected chi connectivity index (χ2v) is 20.6. The largest absolute Gasteiger partial charge is 0.472 e. The van der Waals surface area contributed by atoms with Crippen molar-refractivity contribution in [2.75, 3.05) is 26.4 Å². The number of hydrogen-bond acceptors (Lipinski definition) is 10. The Labute approximate surface area is 417 Å². The maximum absolute atomic E-state index is 12.9. The molecule has 68 heavy (non-hydrogen) atoms. The van der Waals surface area contributed by atoms with Crippen LogP contribution in [0.3, 0.4) is 0 Å². The molecular formula is C56H105O11P. The maximum atomic E-state index is 12.9. The molecule has 0 heterocycles. The number of carbonyl (C=O) groups excluding carboxylic acids is 3. The molecule has 0 fully saturated rings. The highest BCUT2D eigenvalue weighted by molar-refractivity contribution is 7.47. The fraction of sp³-hybridized carbons (Fsp3) is 0.875. The summed E-state index contributed by atoms with van der Waals surface area (Å²) in [5.41, 5.74) is 0. The average Bonchev–Trinajstić information content (AvgIpc) is 3.32. The molecule has 400 valence electrons. The summed E-state index contributed by atoms with van der Waals surface area (Å²) < 4.78 is 39.4. The lowest BCUT2D eigenvalue weighted by Gasteiger charge is -2.21. The molecular weight excluding hydrogens is 880 g/mol. The van der Waals surface area contributed by atoms with Crippen LogP contribution in [-0.4, -0.2) is 66.5 Å². The van der Waals surface area contributed by atoms with Gasteiger partial charge in [0, 0.05) is 19.3 Å². The lowest BCUT2D eigenvalue weighted by Crippen LogP contribution is -2.30. The first-order chi connectivity index (χ1) is 33.2. The first-order valence-corrected chi connectivity index (χ1v) is 29.7. The molecule has 0 spiro atoms. The van der Waals surface area contributed by atoms with Crippen LogP contribution in [0.2, 0.25) is 0 Å². The molecule has 0 bridgehead atoms. The summed E-state index contributed by atoms with van der Waals surface area (Å²) in [5.74, 6) is -1.45. The lowest BCUT2D eigenvalue weighted by atomic mass is 10.0. The monoisotopic (exact) mass is 985 g/mol. The van der Waals surface area contributed by atoms with E-state index in [1.54, 1.807) is 0 Å². The first-order valence-electron chi connectivity index (χ1n) is 28.2. The van der Waals surface area contributed by atoms with E-state index in [0.29, 0.717) is 19.3 Å². The number of ether oxygens (including phenoxy) is 3. The van der Waals surface area contributed by atoms with Crippen molar-refractivity contribution < 1.29 is 52.2 Å². The van der Waals surface area contributed by atoms with E-state index >= 15 is 0 Å². The molecule has 0 aliphatic carbocycles. The van der Waals surface area contributed by atoms with Gasteiger partial charge >= 0.3 is 25.7 Å². The minimum absolute atomic E-state index is 0.173. The Morgan fingerprint density at radius 1 is 0.412 bits per heavy atom. The molecule has 0 aromatic carbocycles. The molecule has 3 atom stereocenters. The van der Waals surface area contributed by atoms with Crippen molar-refractivity contribution in [1.82, 2.24) is 0 Å². The Hall–Kier alpha value is -2.04. The van der Waals surface area contributed by atoms with Crippen LogP contribution >= 0.6 is 7.82 Å². The van der Waals surface area contributed by atoms with Gasteiger partial charge in [0.05, 0.1) is 19.8 Å².